The number of nitrogens with one attached hydrogen (secondary N) is 1. The number of rotatable bonds is 2. The van der Waals surface area contributed by atoms with E-state index in [4.69, 9.17) is 9.84 Å². The Hall–Kier alpha value is -1.84. The van der Waals surface area contributed by atoms with Gasteiger partial charge in [-0.05, 0) is 0 Å². The van der Waals surface area contributed by atoms with Crippen molar-refractivity contribution in [3.63, 3.8) is 0 Å². The highest BCUT2D eigenvalue weighted by Crippen LogP contribution is 2.34. The highest BCUT2D eigenvalue weighted by atomic mass is 19.1. The SMILES string of the molecule is O=c1[nH]cnc2c1c(F)cn2[C@@H]1O[C@H](CO)[C@@H](O)[C@@H]1F. The van der Waals surface area contributed by atoms with E-state index < -0.39 is 42.6 Å². The molecule has 0 amide bonds. The van der Waals surface area contributed by atoms with Crippen LogP contribution in [0.2, 0.25) is 0 Å². The molecular formula is C11H11F2N3O4. The number of hydrogen-bond donors (Lipinski definition) is 3. The lowest BCUT2D eigenvalue weighted by atomic mass is 10.1. The third kappa shape index (κ3) is 1.74. The van der Waals surface area contributed by atoms with E-state index in [-0.39, 0.29) is 11.0 Å². The summed E-state index contributed by atoms with van der Waals surface area (Å²) < 4.78 is 33.9. The van der Waals surface area contributed by atoms with Crippen LogP contribution in [-0.4, -0.2) is 49.7 Å². The van der Waals surface area contributed by atoms with Crippen LogP contribution in [0.5, 0.6) is 0 Å². The molecule has 1 aliphatic rings. The second-order valence-electron chi connectivity index (χ2n) is 4.50. The Morgan fingerprint density at radius 3 is 2.95 bits per heavy atom. The molecule has 3 heterocycles. The lowest BCUT2D eigenvalue weighted by Gasteiger charge is -2.15. The second-order valence-corrected chi connectivity index (χ2v) is 4.50. The van der Waals surface area contributed by atoms with Crippen molar-refractivity contribution >= 4 is 11.0 Å². The maximum Gasteiger partial charge on any atom is 0.263 e. The van der Waals surface area contributed by atoms with E-state index in [1.807, 2.05) is 0 Å². The first-order valence-electron chi connectivity index (χ1n) is 5.86. The van der Waals surface area contributed by atoms with E-state index >= 15 is 0 Å². The lowest BCUT2D eigenvalue weighted by Crippen LogP contribution is -2.30. The quantitative estimate of drug-likeness (QED) is 0.688. The molecular weight excluding hydrogens is 276 g/mol. The number of nitrogens with zero attached hydrogens (tertiary/aromatic N) is 2. The second kappa shape index (κ2) is 4.62. The van der Waals surface area contributed by atoms with Gasteiger partial charge < -0.3 is 19.9 Å². The van der Waals surface area contributed by atoms with Crippen molar-refractivity contribution in [3.05, 3.63) is 28.7 Å². The van der Waals surface area contributed by atoms with Crippen molar-refractivity contribution in [2.24, 2.45) is 0 Å². The average molecular weight is 287 g/mol. The van der Waals surface area contributed by atoms with Gasteiger partial charge in [0.15, 0.2) is 23.9 Å². The van der Waals surface area contributed by atoms with Gasteiger partial charge in [-0.25, -0.2) is 13.8 Å². The molecule has 0 spiro atoms. The number of H-pyrrole nitrogens is 1. The van der Waals surface area contributed by atoms with E-state index in [1.54, 1.807) is 0 Å². The molecule has 0 bridgehead atoms. The number of aromatic nitrogens is 3. The number of ether oxygens (including phenoxy) is 1. The van der Waals surface area contributed by atoms with Gasteiger partial charge in [0.05, 0.1) is 12.9 Å². The molecule has 2 aromatic rings. The van der Waals surface area contributed by atoms with Gasteiger partial charge >= 0.3 is 0 Å². The smallest absolute Gasteiger partial charge is 0.263 e. The normalized spacial score (nSPS) is 30.2. The average Bonchev–Trinajstić information content (AvgIpc) is 2.90. The summed E-state index contributed by atoms with van der Waals surface area (Å²) in [4.78, 5) is 17.5. The molecule has 7 nitrogen and oxygen atoms in total. The first-order valence-corrected chi connectivity index (χ1v) is 5.86. The third-order valence-electron chi connectivity index (χ3n) is 3.32. The standard InChI is InChI=1S/C11H11F2N3O4/c12-4-1-16(9-6(4)10(19)15-3-14-9)11-7(13)8(18)5(2-17)20-11/h1,3,5,7-8,11,17-18H,2H2,(H,14,15,19)/t5-,7+,8-,11-/m1/s1. The number of fused-ring (bicyclic) bond motifs is 1. The minimum atomic E-state index is -1.87. The molecule has 0 unspecified atom stereocenters. The maximum atomic E-state index is 14.0. The van der Waals surface area contributed by atoms with Crippen LogP contribution in [0.1, 0.15) is 6.23 Å². The van der Waals surface area contributed by atoms with Crippen LogP contribution in [0.15, 0.2) is 17.3 Å². The highest BCUT2D eigenvalue weighted by molar-refractivity contribution is 5.75. The summed E-state index contributed by atoms with van der Waals surface area (Å²) in [5, 5.41) is 18.2. The Bertz CT molecular complexity index is 701. The first kappa shape index (κ1) is 13.2. The summed E-state index contributed by atoms with van der Waals surface area (Å²) in [5.41, 5.74) is -0.788. The van der Waals surface area contributed by atoms with Crippen LogP contribution >= 0.6 is 0 Å². The highest BCUT2D eigenvalue weighted by Gasteiger charge is 2.45. The third-order valence-corrected chi connectivity index (χ3v) is 3.32. The number of aliphatic hydroxyl groups excluding tert-OH is 2. The largest absolute Gasteiger partial charge is 0.394 e. The van der Waals surface area contributed by atoms with Crippen molar-refractivity contribution in [2.45, 2.75) is 24.6 Å². The molecule has 20 heavy (non-hydrogen) atoms. The molecule has 0 aromatic carbocycles. The van der Waals surface area contributed by atoms with E-state index in [0.29, 0.717) is 0 Å². The molecule has 0 saturated carbocycles. The topological polar surface area (TPSA) is 100 Å². The number of aromatic amines is 1. The van der Waals surface area contributed by atoms with Crippen LogP contribution in [-0.2, 0) is 4.74 Å². The summed E-state index contributed by atoms with van der Waals surface area (Å²) in [6, 6.07) is 0. The summed E-state index contributed by atoms with van der Waals surface area (Å²) in [7, 11) is 0. The molecule has 9 heteroatoms. The molecule has 108 valence electrons. The molecule has 1 saturated heterocycles. The van der Waals surface area contributed by atoms with Gasteiger partial charge in [-0.1, -0.05) is 0 Å². The van der Waals surface area contributed by atoms with Crippen LogP contribution in [0, 0.1) is 5.82 Å². The van der Waals surface area contributed by atoms with Gasteiger partial charge in [0.1, 0.15) is 17.6 Å². The molecule has 3 N–H and O–H groups in total. The summed E-state index contributed by atoms with van der Waals surface area (Å²) in [5.74, 6) is -0.868. The van der Waals surface area contributed by atoms with E-state index in [0.717, 1.165) is 17.1 Å². The number of alkyl halides is 1. The van der Waals surface area contributed by atoms with Gasteiger partial charge in [0.2, 0.25) is 0 Å². The van der Waals surface area contributed by atoms with Crippen molar-refractivity contribution in [1.82, 2.24) is 14.5 Å². The predicted molar refractivity (Wildman–Crippen MR) is 62.2 cm³/mol. The van der Waals surface area contributed by atoms with Gasteiger partial charge in [-0.2, -0.15) is 0 Å². The molecule has 3 rings (SSSR count). The van der Waals surface area contributed by atoms with Crippen molar-refractivity contribution < 1.29 is 23.7 Å². The monoisotopic (exact) mass is 287 g/mol. The summed E-state index contributed by atoms with van der Waals surface area (Å²) in [6.07, 6.45) is -3.93. The summed E-state index contributed by atoms with van der Waals surface area (Å²) >= 11 is 0. The van der Waals surface area contributed by atoms with Crippen LogP contribution < -0.4 is 5.56 Å². The van der Waals surface area contributed by atoms with Crippen LogP contribution in [0.25, 0.3) is 11.0 Å². The predicted octanol–water partition coefficient (Wildman–Crippen LogP) is -0.548. The van der Waals surface area contributed by atoms with Crippen LogP contribution in [0.3, 0.4) is 0 Å². The van der Waals surface area contributed by atoms with Crippen molar-refractivity contribution in [3.8, 4) is 0 Å². The van der Waals surface area contributed by atoms with Gasteiger partial charge in [0.25, 0.3) is 5.56 Å². The van der Waals surface area contributed by atoms with E-state index in [1.165, 1.54) is 0 Å². The lowest BCUT2D eigenvalue weighted by molar-refractivity contribution is -0.0459. The van der Waals surface area contributed by atoms with Gasteiger partial charge in [-0.3, -0.25) is 9.36 Å². The fourth-order valence-corrected chi connectivity index (χ4v) is 2.32. The Morgan fingerprint density at radius 2 is 2.30 bits per heavy atom. The minimum absolute atomic E-state index is 0.0929. The van der Waals surface area contributed by atoms with Crippen molar-refractivity contribution in [1.29, 1.82) is 0 Å². The number of halogens is 2. The molecule has 2 aromatic heterocycles. The van der Waals surface area contributed by atoms with Gasteiger partial charge in [0, 0.05) is 6.20 Å². The van der Waals surface area contributed by atoms with E-state index in [2.05, 4.69) is 9.97 Å². The van der Waals surface area contributed by atoms with Gasteiger partial charge in [-0.15, -0.1) is 0 Å². The zero-order chi connectivity index (χ0) is 14.4. The Labute approximate surface area is 110 Å². The van der Waals surface area contributed by atoms with Crippen molar-refractivity contribution in [2.75, 3.05) is 6.61 Å². The zero-order valence-electron chi connectivity index (χ0n) is 10.0. The van der Waals surface area contributed by atoms with E-state index in [9.17, 15) is 18.7 Å². The minimum Gasteiger partial charge on any atom is -0.394 e. The Balaban J connectivity index is 2.12. The molecule has 0 radical (unpaired) electrons. The summed E-state index contributed by atoms with van der Waals surface area (Å²) in [6.45, 7) is -0.576. The molecule has 1 aliphatic heterocycles. The molecule has 4 atom stereocenters. The number of aliphatic hydroxyl groups is 2. The van der Waals surface area contributed by atoms with Crippen LogP contribution in [0.4, 0.5) is 8.78 Å². The Kier molecular flexibility index (Phi) is 3.04. The first-order chi connectivity index (χ1) is 9.54. The Morgan fingerprint density at radius 1 is 1.55 bits per heavy atom. The fraction of sp³-hybridized carbons (Fsp3) is 0.455. The molecule has 0 aliphatic carbocycles. The fourth-order valence-electron chi connectivity index (χ4n) is 2.32. The zero-order valence-corrected chi connectivity index (χ0v) is 10.0. The molecule has 1 fully saturated rings. The maximum absolute atomic E-state index is 14.0. The number of hydrogen-bond acceptors (Lipinski definition) is 5.